The van der Waals surface area contributed by atoms with E-state index in [2.05, 4.69) is 11.6 Å². The summed E-state index contributed by atoms with van der Waals surface area (Å²) >= 11 is 0. The zero-order valence-electron chi connectivity index (χ0n) is 19.1. The quantitative estimate of drug-likeness (QED) is 0.702. The van der Waals surface area contributed by atoms with Gasteiger partial charge in [0, 0.05) is 49.7 Å². The number of pyridine rings is 1. The summed E-state index contributed by atoms with van der Waals surface area (Å²) < 4.78 is 11.8. The number of aromatic nitrogens is 1. The molecule has 0 bridgehead atoms. The monoisotopic (exact) mass is 438 g/mol. The first-order valence-corrected chi connectivity index (χ1v) is 10.6. The third kappa shape index (κ3) is 4.67. The second-order valence-electron chi connectivity index (χ2n) is 8.85. The van der Waals surface area contributed by atoms with Gasteiger partial charge in [0.1, 0.15) is 23.2 Å². The summed E-state index contributed by atoms with van der Waals surface area (Å²) in [4.78, 5) is 29.5. The van der Waals surface area contributed by atoms with E-state index in [9.17, 15) is 9.59 Å². The third-order valence-electron chi connectivity index (χ3n) is 5.61. The summed E-state index contributed by atoms with van der Waals surface area (Å²) in [5.41, 5.74) is 3.21. The Morgan fingerprint density at radius 1 is 1.22 bits per heavy atom. The van der Waals surface area contributed by atoms with Gasteiger partial charge in [-0.2, -0.15) is 0 Å². The molecule has 0 saturated carbocycles. The number of nitrogens with zero attached hydrogens (tertiary/aromatic N) is 2. The van der Waals surface area contributed by atoms with Crippen LogP contribution in [0.5, 0.6) is 5.75 Å². The largest absolute Gasteiger partial charge is 0.480 e. The number of piperidine rings is 1. The number of aldehydes is 1. The molecule has 7 heteroatoms. The molecule has 0 atom stereocenters. The molecule has 2 aliphatic heterocycles. The average Bonchev–Trinajstić information content (AvgIpc) is 3.05. The molecule has 3 heterocycles. The van der Waals surface area contributed by atoms with Crippen LogP contribution in [-0.4, -0.2) is 58.8 Å². The molecule has 0 aliphatic carbocycles. The number of amides is 1. The Morgan fingerprint density at radius 2 is 1.84 bits per heavy atom. The Morgan fingerprint density at radius 3 is 2.41 bits per heavy atom. The molecule has 1 aromatic carbocycles. The van der Waals surface area contributed by atoms with E-state index in [1.54, 1.807) is 23.2 Å². The molecule has 4 rings (SSSR count). The molecule has 2 aliphatic rings. The highest BCUT2D eigenvalue weighted by atomic mass is 16.6. The summed E-state index contributed by atoms with van der Waals surface area (Å²) in [6, 6.07) is 9.30. The molecule has 1 amide bonds. The van der Waals surface area contributed by atoms with E-state index in [1.165, 1.54) is 0 Å². The molecule has 0 radical (unpaired) electrons. The molecule has 32 heavy (non-hydrogen) atoms. The van der Waals surface area contributed by atoms with E-state index in [1.807, 2.05) is 39.0 Å². The molecular formula is C25H30N2O5. The lowest BCUT2D eigenvalue weighted by Crippen LogP contribution is -2.49. The van der Waals surface area contributed by atoms with Gasteiger partial charge in [-0.15, -0.1) is 0 Å². The van der Waals surface area contributed by atoms with Gasteiger partial charge in [0.2, 0.25) is 0 Å². The number of aliphatic hydroxyl groups is 1. The second-order valence-corrected chi connectivity index (χ2v) is 8.85. The highest BCUT2D eigenvalue weighted by molar-refractivity contribution is 5.82. The van der Waals surface area contributed by atoms with Crippen molar-refractivity contribution < 1.29 is 24.2 Å². The lowest BCUT2D eigenvalue weighted by atomic mass is 9.83. The van der Waals surface area contributed by atoms with E-state index < -0.39 is 11.2 Å². The standard InChI is InChI=1S/C24H26N2O4.CH4O/c1-16-19-13-20(18-7-5-17(15-27)6-8-18)25-14-21(19)29-24(16)9-11-26(12-10-24)22(28)30-23(2,3)4;1-2/h5-8,13-15H,1,9-12H2,2-4H3;2H,1H3. The predicted octanol–water partition coefficient (Wildman–Crippen LogP) is 4.34. The minimum absolute atomic E-state index is 0.291. The van der Waals surface area contributed by atoms with Crippen molar-refractivity contribution in [2.24, 2.45) is 0 Å². The zero-order chi connectivity index (χ0) is 23.5. The van der Waals surface area contributed by atoms with Crippen LogP contribution in [0.3, 0.4) is 0 Å². The summed E-state index contributed by atoms with van der Waals surface area (Å²) in [6.45, 7) is 11.0. The summed E-state index contributed by atoms with van der Waals surface area (Å²) in [6.07, 6.45) is 3.58. The molecule has 7 nitrogen and oxygen atoms in total. The van der Waals surface area contributed by atoms with Crippen LogP contribution in [0, 0.1) is 0 Å². The molecule has 1 N–H and O–H groups in total. The second kappa shape index (κ2) is 9.12. The van der Waals surface area contributed by atoms with Crippen LogP contribution in [0.1, 0.15) is 49.5 Å². The average molecular weight is 439 g/mol. The van der Waals surface area contributed by atoms with Crippen LogP contribution in [0.2, 0.25) is 0 Å². The Hall–Kier alpha value is -3.19. The van der Waals surface area contributed by atoms with Crippen molar-refractivity contribution in [3.63, 3.8) is 0 Å². The Labute approximate surface area is 188 Å². The van der Waals surface area contributed by atoms with Crippen molar-refractivity contribution in [2.75, 3.05) is 20.2 Å². The fourth-order valence-electron chi connectivity index (χ4n) is 3.95. The van der Waals surface area contributed by atoms with Gasteiger partial charge in [-0.1, -0.05) is 30.8 Å². The van der Waals surface area contributed by atoms with Gasteiger partial charge in [0.05, 0.1) is 11.9 Å². The number of carbonyl (C=O) groups is 2. The first-order chi connectivity index (χ1) is 15.2. The number of ether oxygens (including phenoxy) is 2. The SMILES string of the molecule is C=C1c2cc(-c3ccc(C=O)cc3)ncc2OC12CCN(C(=O)OC(C)(C)C)CC2.CO. The summed E-state index contributed by atoms with van der Waals surface area (Å²) in [7, 11) is 1.00. The maximum absolute atomic E-state index is 12.4. The maximum Gasteiger partial charge on any atom is 0.410 e. The predicted molar refractivity (Wildman–Crippen MR) is 123 cm³/mol. The van der Waals surface area contributed by atoms with Gasteiger partial charge in [-0.25, -0.2) is 4.79 Å². The smallest absolute Gasteiger partial charge is 0.410 e. The summed E-state index contributed by atoms with van der Waals surface area (Å²) in [5.74, 6) is 0.721. The molecule has 170 valence electrons. The minimum Gasteiger partial charge on any atom is -0.480 e. The van der Waals surface area contributed by atoms with Crippen LogP contribution >= 0.6 is 0 Å². The first-order valence-electron chi connectivity index (χ1n) is 10.6. The molecule has 1 fully saturated rings. The third-order valence-corrected chi connectivity index (χ3v) is 5.61. The van der Waals surface area contributed by atoms with Crippen LogP contribution in [-0.2, 0) is 4.74 Å². The van der Waals surface area contributed by atoms with Crippen molar-refractivity contribution in [3.05, 3.63) is 54.2 Å². The van der Waals surface area contributed by atoms with Gasteiger partial charge in [-0.05, 0) is 32.4 Å². The number of likely N-dealkylation sites (tertiary alicyclic amines) is 1. The maximum atomic E-state index is 12.4. The topological polar surface area (TPSA) is 89.0 Å². The molecule has 2 aromatic rings. The number of benzene rings is 1. The molecule has 0 unspecified atom stereocenters. The van der Waals surface area contributed by atoms with E-state index >= 15 is 0 Å². The van der Waals surface area contributed by atoms with E-state index in [-0.39, 0.29) is 6.09 Å². The van der Waals surface area contributed by atoms with Crippen molar-refractivity contribution in [1.82, 2.24) is 9.88 Å². The number of carbonyl (C=O) groups excluding carboxylic acids is 2. The highest BCUT2D eigenvalue weighted by Gasteiger charge is 2.46. The molecule has 1 aromatic heterocycles. The van der Waals surface area contributed by atoms with Gasteiger partial charge >= 0.3 is 6.09 Å². The fraction of sp³-hybridized carbons (Fsp3) is 0.400. The van der Waals surface area contributed by atoms with Crippen molar-refractivity contribution in [2.45, 2.75) is 44.8 Å². The Bertz CT molecular complexity index is 1000. The molecular weight excluding hydrogens is 408 g/mol. The number of aliphatic hydroxyl groups excluding tert-OH is 1. The van der Waals surface area contributed by atoms with Gasteiger partial charge < -0.3 is 19.5 Å². The highest BCUT2D eigenvalue weighted by Crippen LogP contribution is 2.48. The molecule has 1 saturated heterocycles. The number of fused-ring (bicyclic) bond motifs is 1. The van der Waals surface area contributed by atoms with Crippen molar-refractivity contribution in [3.8, 4) is 17.0 Å². The normalized spacial score (nSPS) is 16.5. The number of rotatable bonds is 2. The van der Waals surface area contributed by atoms with Crippen LogP contribution < -0.4 is 4.74 Å². The molecule has 1 spiro atoms. The van der Waals surface area contributed by atoms with E-state index in [0.717, 1.165) is 41.5 Å². The lowest BCUT2D eigenvalue weighted by Gasteiger charge is -2.39. The van der Waals surface area contributed by atoms with Crippen molar-refractivity contribution in [1.29, 1.82) is 0 Å². The number of hydrogen-bond acceptors (Lipinski definition) is 6. The van der Waals surface area contributed by atoms with Gasteiger partial charge in [0.15, 0.2) is 0 Å². The lowest BCUT2D eigenvalue weighted by molar-refractivity contribution is 0.00445. The summed E-state index contributed by atoms with van der Waals surface area (Å²) in [5, 5.41) is 7.00. The van der Waals surface area contributed by atoms with Crippen molar-refractivity contribution >= 4 is 18.0 Å². The Kier molecular flexibility index (Phi) is 6.69. The van der Waals surface area contributed by atoms with Crippen LogP contribution in [0.15, 0.2) is 43.1 Å². The zero-order valence-corrected chi connectivity index (χ0v) is 19.1. The van der Waals surface area contributed by atoms with Gasteiger partial charge in [0.25, 0.3) is 0 Å². The fourth-order valence-corrected chi connectivity index (χ4v) is 3.95. The van der Waals surface area contributed by atoms with Crippen LogP contribution in [0.25, 0.3) is 16.8 Å². The Balaban J connectivity index is 0.00000141. The minimum atomic E-state index is -0.512. The number of hydrogen-bond donors (Lipinski definition) is 1. The van der Waals surface area contributed by atoms with Crippen LogP contribution in [0.4, 0.5) is 4.79 Å². The first kappa shape index (κ1) is 23.5. The van der Waals surface area contributed by atoms with E-state index in [4.69, 9.17) is 14.6 Å². The van der Waals surface area contributed by atoms with E-state index in [0.29, 0.717) is 31.5 Å². The van der Waals surface area contributed by atoms with Gasteiger partial charge in [-0.3, -0.25) is 9.78 Å².